The molecule has 3 heterocycles. The summed E-state index contributed by atoms with van der Waals surface area (Å²) in [6.45, 7) is 2.29. The average Bonchev–Trinajstić information content (AvgIpc) is 3.09. The van der Waals surface area contributed by atoms with E-state index in [9.17, 15) is 0 Å². The van der Waals surface area contributed by atoms with Crippen LogP contribution in [0.5, 0.6) is 0 Å². The fourth-order valence-electron chi connectivity index (χ4n) is 2.63. The molecule has 3 aromatic rings. The van der Waals surface area contributed by atoms with Gasteiger partial charge in [-0.05, 0) is 12.1 Å². The number of hydrogen-bond donors (Lipinski definition) is 0. The van der Waals surface area contributed by atoms with Crippen molar-refractivity contribution in [2.45, 2.75) is 6.10 Å². The number of rotatable bonds is 2. The van der Waals surface area contributed by atoms with Crippen molar-refractivity contribution in [3.05, 3.63) is 47.2 Å². The zero-order valence-electron chi connectivity index (χ0n) is 11.3. The topological polar surface area (TPSA) is 51.1 Å². The van der Waals surface area contributed by atoms with Crippen LogP contribution in [0, 0.1) is 0 Å². The molecule has 0 N–H and O–H groups in total. The molecule has 0 aliphatic carbocycles. The van der Waals surface area contributed by atoms with Gasteiger partial charge in [-0.1, -0.05) is 12.1 Å². The minimum atomic E-state index is 0.0208. The second kappa shape index (κ2) is 5.38. The van der Waals surface area contributed by atoms with Gasteiger partial charge in [0.25, 0.3) is 0 Å². The van der Waals surface area contributed by atoms with Crippen LogP contribution in [0.15, 0.2) is 42.2 Å². The molecule has 1 aliphatic rings. The summed E-state index contributed by atoms with van der Waals surface area (Å²) in [5, 5.41) is 4.09. The summed E-state index contributed by atoms with van der Waals surface area (Å²) in [4.78, 5) is 15.4. The van der Waals surface area contributed by atoms with Crippen molar-refractivity contribution < 1.29 is 4.74 Å². The number of thiazole rings is 1. The molecule has 0 bridgehead atoms. The van der Waals surface area contributed by atoms with E-state index in [0.717, 1.165) is 34.8 Å². The van der Waals surface area contributed by atoms with Gasteiger partial charge in [-0.15, -0.1) is 11.3 Å². The first kappa shape index (κ1) is 12.7. The normalized spacial score (nSPS) is 19.0. The number of morpholine rings is 1. The van der Waals surface area contributed by atoms with E-state index in [1.165, 1.54) is 0 Å². The minimum Gasteiger partial charge on any atom is -0.367 e. The molecule has 5 nitrogen and oxygen atoms in total. The van der Waals surface area contributed by atoms with Gasteiger partial charge in [0.2, 0.25) is 0 Å². The second-order valence-electron chi connectivity index (χ2n) is 4.89. The van der Waals surface area contributed by atoms with E-state index in [0.29, 0.717) is 6.61 Å². The van der Waals surface area contributed by atoms with Crippen molar-refractivity contribution in [2.24, 2.45) is 0 Å². The van der Waals surface area contributed by atoms with Crippen LogP contribution in [-0.4, -0.2) is 34.6 Å². The van der Waals surface area contributed by atoms with Gasteiger partial charge in [-0.3, -0.25) is 0 Å². The number of ether oxygens (including phenoxy) is 1. The predicted octanol–water partition coefficient (Wildman–Crippen LogP) is 2.66. The third kappa shape index (κ3) is 2.36. The Morgan fingerprint density at radius 2 is 2.14 bits per heavy atom. The first-order chi connectivity index (χ1) is 10.4. The van der Waals surface area contributed by atoms with E-state index in [1.54, 1.807) is 17.7 Å². The van der Waals surface area contributed by atoms with E-state index in [2.05, 4.69) is 25.9 Å². The largest absolute Gasteiger partial charge is 0.367 e. The fraction of sp³-hybridized carbons (Fsp3) is 0.267. The van der Waals surface area contributed by atoms with Gasteiger partial charge in [0, 0.05) is 23.5 Å². The maximum absolute atomic E-state index is 5.85. The molecule has 0 amide bonds. The van der Waals surface area contributed by atoms with E-state index < -0.39 is 0 Å². The van der Waals surface area contributed by atoms with Crippen LogP contribution in [0.2, 0.25) is 0 Å². The minimum absolute atomic E-state index is 0.0208. The number of fused-ring (bicyclic) bond motifs is 1. The van der Waals surface area contributed by atoms with Crippen molar-refractivity contribution in [3.8, 4) is 0 Å². The molecular formula is C15H14N4OS. The molecule has 2 aromatic heterocycles. The number of hydrogen-bond acceptors (Lipinski definition) is 6. The Bertz CT molecular complexity index is 741. The lowest BCUT2D eigenvalue weighted by Crippen LogP contribution is -2.39. The third-order valence-electron chi connectivity index (χ3n) is 3.61. The second-order valence-corrected chi connectivity index (χ2v) is 5.82. The van der Waals surface area contributed by atoms with Crippen LogP contribution in [0.25, 0.3) is 10.9 Å². The molecule has 0 radical (unpaired) electrons. The van der Waals surface area contributed by atoms with E-state index >= 15 is 0 Å². The quantitative estimate of drug-likeness (QED) is 0.728. The molecule has 106 valence electrons. The van der Waals surface area contributed by atoms with Gasteiger partial charge < -0.3 is 9.64 Å². The van der Waals surface area contributed by atoms with Crippen molar-refractivity contribution in [1.82, 2.24) is 15.0 Å². The summed E-state index contributed by atoms with van der Waals surface area (Å²) in [6, 6.07) is 8.10. The molecule has 0 saturated carbocycles. The Labute approximate surface area is 126 Å². The number of benzene rings is 1. The lowest BCUT2D eigenvalue weighted by molar-refractivity contribution is 0.0394. The Morgan fingerprint density at radius 1 is 1.19 bits per heavy atom. The van der Waals surface area contributed by atoms with Crippen LogP contribution in [0.4, 0.5) is 5.82 Å². The molecule has 1 saturated heterocycles. The summed E-state index contributed by atoms with van der Waals surface area (Å²) in [5.41, 5.74) is 0.972. The van der Waals surface area contributed by atoms with E-state index in [4.69, 9.17) is 4.74 Å². The summed E-state index contributed by atoms with van der Waals surface area (Å²) >= 11 is 1.63. The Hall–Kier alpha value is -2.05. The molecule has 1 aliphatic heterocycles. The van der Waals surface area contributed by atoms with Crippen molar-refractivity contribution in [2.75, 3.05) is 24.6 Å². The van der Waals surface area contributed by atoms with Gasteiger partial charge in [0.05, 0.1) is 18.7 Å². The highest BCUT2D eigenvalue weighted by molar-refractivity contribution is 7.09. The molecule has 1 aromatic carbocycles. The predicted molar refractivity (Wildman–Crippen MR) is 82.6 cm³/mol. The Kier molecular flexibility index (Phi) is 3.25. The van der Waals surface area contributed by atoms with Crippen LogP contribution < -0.4 is 4.90 Å². The third-order valence-corrected chi connectivity index (χ3v) is 4.48. The SMILES string of the molecule is c1ccc2c(N3CCO[C@@H](c4nccs4)C3)ncnc2c1. The summed E-state index contributed by atoms with van der Waals surface area (Å²) in [5.74, 6) is 0.977. The summed E-state index contributed by atoms with van der Waals surface area (Å²) < 4.78 is 5.85. The van der Waals surface area contributed by atoms with Crippen molar-refractivity contribution in [1.29, 1.82) is 0 Å². The van der Waals surface area contributed by atoms with Gasteiger partial charge >= 0.3 is 0 Å². The lowest BCUT2D eigenvalue weighted by Gasteiger charge is -2.33. The Balaban J connectivity index is 1.68. The number of anilines is 1. The van der Waals surface area contributed by atoms with E-state index in [1.807, 2.05) is 29.8 Å². The van der Waals surface area contributed by atoms with Gasteiger partial charge in [0.15, 0.2) is 0 Å². The van der Waals surface area contributed by atoms with Crippen LogP contribution in [0.3, 0.4) is 0 Å². The molecule has 4 rings (SSSR count). The number of aromatic nitrogens is 3. The summed E-state index contributed by atoms with van der Waals surface area (Å²) in [7, 11) is 0. The highest BCUT2D eigenvalue weighted by Gasteiger charge is 2.25. The van der Waals surface area contributed by atoms with Crippen LogP contribution in [-0.2, 0) is 4.74 Å². The number of para-hydroxylation sites is 1. The highest BCUT2D eigenvalue weighted by Crippen LogP contribution is 2.29. The molecule has 1 atom stereocenters. The van der Waals surface area contributed by atoms with E-state index in [-0.39, 0.29) is 6.10 Å². The molecule has 21 heavy (non-hydrogen) atoms. The van der Waals surface area contributed by atoms with Gasteiger partial charge in [0.1, 0.15) is 23.3 Å². The molecule has 0 unspecified atom stereocenters. The summed E-state index contributed by atoms with van der Waals surface area (Å²) in [6.07, 6.45) is 3.47. The van der Waals surface area contributed by atoms with Crippen LogP contribution >= 0.6 is 11.3 Å². The van der Waals surface area contributed by atoms with Gasteiger partial charge in [-0.2, -0.15) is 0 Å². The van der Waals surface area contributed by atoms with Gasteiger partial charge in [-0.25, -0.2) is 15.0 Å². The molecule has 1 fully saturated rings. The zero-order valence-corrected chi connectivity index (χ0v) is 12.2. The zero-order chi connectivity index (χ0) is 14.1. The maximum Gasteiger partial charge on any atom is 0.140 e. The maximum atomic E-state index is 5.85. The first-order valence-corrected chi connectivity index (χ1v) is 7.75. The average molecular weight is 298 g/mol. The molecule has 0 spiro atoms. The molecule has 6 heteroatoms. The monoisotopic (exact) mass is 298 g/mol. The van der Waals surface area contributed by atoms with Crippen LogP contribution in [0.1, 0.15) is 11.1 Å². The lowest BCUT2D eigenvalue weighted by atomic mass is 10.2. The highest BCUT2D eigenvalue weighted by atomic mass is 32.1. The number of nitrogens with zero attached hydrogens (tertiary/aromatic N) is 4. The first-order valence-electron chi connectivity index (χ1n) is 6.87. The smallest absolute Gasteiger partial charge is 0.140 e. The van der Waals surface area contributed by atoms with Crippen molar-refractivity contribution in [3.63, 3.8) is 0 Å². The fourth-order valence-corrected chi connectivity index (χ4v) is 3.30. The van der Waals surface area contributed by atoms with Crippen molar-refractivity contribution >= 4 is 28.1 Å². The standard InChI is InChI=1S/C15H14N4OS/c1-2-4-12-11(3-1)14(18-10-17-12)19-6-7-20-13(9-19)15-16-5-8-21-15/h1-5,8,10,13H,6-7,9H2/t13-/m1/s1. The Morgan fingerprint density at radius 3 is 3.05 bits per heavy atom. The molecular weight excluding hydrogens is 284 g/mol.